The number of hydrazine groups is 1. The van der Waals surface area contributed by atoms with Gasteiger partial charge in [0.15, 0.2) is 0 Å². The Morgan fingerprint density at radius 3 is 2.43 bits per heavy atom. The Bertz CT molecular complexity index is 1050. The number of halogens is 2. The minimum atomic E-state index is -0.379. The lowest BCUT2D eigenvalue weighted by molar-refractivity contribution is -0.384. The zero-order valence-corrected chi connectivity index (χ0v) is 16.9. The highest BCUT2D eigenvalue weighted by Crippen LogP contribution is 2.39. The summed E-state index contributed by atoms with van der Waals surface area (Å²) in [5, 5.41) is 14.0. The van der Waals surface area contributed by atoms with E-state index in [1.165, 1.54) is 6.07 Å². The monoisotopic (exact) mass is 455 g/mol. The van der Waals surface area contributed by atoms with Gasteiger partial charge >= 0.3 is 0 Å². The van der Waals surface area contributed by atoms with Gasteiger partial charge in [-0.15, -0.1) is 0 Å². The second kappa shape index (κ2) is 7.66. The predicted molar refractivity (Wildman–Crippen MR) is 115 cm³/mol. The first-order valence-electron chi connectivity index (χ1n) is 8.55. The van der Waals surface area contributed by atoms with Gasteiger partial charge in [-0.25, -0.2) is 0 Å². The van der Waals surface area contributed by atoms with Gasteiger partial charge in [0.2, 0.25) is 0 Å². The molecule has 0 amide bonds. The van der Waals surface area contributed by atoms with E-state index in [0.717, 1.165) is 26.9 Å². The highest BCUT2D eigenvalue weighted by Gasteiger charge is 2.26. The predicted octanol–water partition coefficient (Wildman–Crippen LogP) is 6.26. The molecule has 1 N–H and O–H groups in total. The van der Waals surface area contributed by atoms with E-state index >= 15 is 0 Å². The summed E-state index contributed by atoms with van der Waals surface area (Å²) in [7, 11) is 0. The first-order valence-corrected chi connectivity index (χ1v) is 9.72. The van der Waals surface area contributed by atoms with Crippen LogP contribution in [0.4, 0.5) is 11.4 Å². The van der Waals surface area contributed by atoms with Crippen LogP contribution in [0, 0.1) is 10.1 Å². The number of rotatable bonds is 4. The van der Waals surface area contributed by atoms with E-state index < -0.39 is 0 Å². The van der Waals surface area contributed by atoms with Crippen LogP contribution in [0.1, 0.15) is 11.6 Å². The molecule has 0 saturated heterocycles. The van der Waals surface area contributed by atoms with Crippen molar-refractivity contribution in [3.8, 4) is 11.1 Å². The summed E-state index contributed by atoms with van der Waals surface area (Å²) in [5.41, 5.74) is 6.87. The third kappa shape index (κ3) is 3.61. The molecule has 0 aromatic heterocycles. The number of non-ortho nitro benzene ring substituents is 1. The van der Waals surface area contributed by atoms with Gasteiger partial charge in [-0.3, -0.25) is 15.1 Å². The molecule has 5 nitrogen and oxygen atoms in total. The number of benzene rings is 3. The van der Waals surface area contributed by atoms with Crippen molar-refractivity contribution in [3.63, 3.8) is 0 Å². The van der Waals surface area contributed by atoms with Crippen LogP contribution in [0.2, 0.25) is 5.02 Å². The summed E-state index contributed by atoms with van der Waals surface area (Å²) in [6.07, 6.45) is 3.84. The van der Waals surface area contributed by atoms with Crippen LogP contribution in [0.15, 0.2) is 83.5 Å². The standard InChI is InChI=1S/C21H15BrClN3O2/c22-16-5-1-14(2-6-16)19-10-9-18(26(27)28)13-21(19)25-20(11-12-24-25)15-3-7-17(23)8-4-15/h1-13,20,24H. The Balaban J connectivity index is 1.82. The normalized spacial score (nSPS) is 15.5. The van der Waals surface area contributed by atoms with Crippen molar-refractivity contribution in [3.05, 3.63) is 104 Å². The zero-order valence-electron chi connectivity index (χ0n) is 14.5. The van der Waals surface area contributed by atoms with Crippen LogP contribution >= 0.6 is 27.5 Å². The number of hydrogen-bond acceptors (Lipinski definition) is 4. The largest absolute Gasteiger partial charge is 0.305 e. The quantitative estimate of drug-likeness (QED) is 0.372. The third-order valence-corrected chi connectivity index (χ3v) is 5.37. The smallest absolute Gasteiger partial charge is 0.271 e. The number of hydrogen-bond donors (Lipinski definition) is 1. The molecule has 1 atom stereocenters. The summed E-state index contributed by atoms with van der Waals surface area (Å²) < 4.78 is 0.972. The summed E-state index contributed by atoms with van der Waals surface area (Å²) in [5.74, 6) is 0. The first-order chi connectivity index (χ1) is 13.5. The Kier molecular flexibility index (Phi) is 5.07. The highest BCUT2D eigenvalue weighted by atomic mass is 79.9. The van der Waals surface area contributed by atoms with Crippen LogP contribution in [-0.4, -0.2) is 4.92 Å². The molecule has 0 fully saturated rings. The van der Waals surface area contributed by atoms with E-state index in [1.807, 2.05) is 65.8 Å². The SMILES string of the molecule is O=[N+]([O-])c1ccc(-c2ccc(Br)cc2)c(N2NC=CC2c2ccc(Cl)cc2)c1. The van der Waals surface area contributed by atoms with Crippen molar-refractivity contribution in [2.75, 3.05) is 5.01 Å². The zero-order chi connectivity index (χ0) is 19.7. The van der Waals surface area contributed by atoms with Gasteiger partial charge < -0.3 is 5.43 Å². The molecule has 28 heavy (non-hydrogen) atoms. The topological polar surface area (TPSA) is 58.4 Å². The van der Waals surface area contributed by atoms with E-state index in [9.17, 15) is 10.1 Å². The second-order valence-electron chi connectivity index (χ2n) is 6.32. The van der Waals surface area contributed by atoms with Crippen molar-refractivity contribution in [1.82, 2.24) is 5.43 Å². The first kappa shape index (κ1) is 18.5. The van der Waals surface area contributed by atoms with E-state index in [2.05, 4.69) is 21.4 Å². The lowest BCUT2D eigenvalue weighted by atomic mass is 10.0. The van der Waals surface area contributed by atoms with E-state index in [-0.39, 0.29) is 16.7 Å². The number of nitrogens with zero attached hydrogens (tertiary/aromatic N) is 2. The molecule has 0 bridgehead atoms. The average molecular weight is 457 g/mol. The van der Waals surface area contributed by atoms with Gasteiger partial charge in [0.1, 0.15) is 0 Å². The van der Waals surface area contributed by atoms with Crippen LogP contribution in [0.5, 0.6) is 0 Å². The molecule has 1 unspecified atom stereocenters. The van der Waals surface area contributed by atoms with Gasteiger partial charge in [0, 0.05) is 33.4 Å². The fourth-order valence-electron chi connectivity index (χ4n) is 3.23. The molecule has 0 radical (unpaired) electrons. The molecule has 0 saturated carbocycles. The van der Waals surface area contributed by atoms with Gasteiger partial charge in [-0.2, -0.15) is 0 Å². The maximum Gasteiger partial charge on any atom is 0.271 e. The van der Waals surface area contributed by atoms with Crippen molar-refractivity contribution < 1.29 is 4.92 Å². The fraction of sp³-hybridized carbons (Fsp3) is 0.0476. The van der Waals surface area contributed by atoms with Crippen LogP contribution in [0.3, 0.4) is 0 Å². The second-order valence-corrected chi connectivity index (χ2v) is 7.67. The molecule has 7 heteroatoms. The van der Waals surface area contributed by atoms with Crippen molar-refractivity contribution in [1.29, 1.82) is 0 Å². The molecule has 3 aromatic carbocycles. The molecule has 140 valence electrons. The molecule has 0 aliphatic carbocycles. The van der Waals surface area contributed by atoms with Gasteiger partial charge in [-0.1, -0.05) is 51.8 Å². The van der Waals surface area contributed by atoms with E-state index in [4.69, 9.17) is 11.6 Å². The summed E-state index contributed by atoms with van der Waals surface area (Å²) in [6.45, 7) is 0. The Morgan fingerprint density at radius 1 is 1.04 bits per heavy atom. The summed E-state index contributed by atoms with van der Waals surface area (Å²) in [4.78, 5) is 11.0. The van der Waals surface area contributed by atoms with Gasteiger partial charge in [0.25, 0.3) is 5.69 Å². The van der Waals surface area contributed by atoms with Gasteiger partial charge in [-0.05, 0) is 47.5 Å². The third-order valence-electron chi connectivity index (χ3n) is 4.59. The highest BCUT2D eigenvalue weighted by molar-refractivity contribution is 9.10. The van der Waals surface area contributed by atoms with Crippen LogP contribution < -0.4 is 10.4 Å². The Hall–Kier alpha value is -2.83. The van der Waals surface area contributed by atoms with Crippen molar-refractivity contribution in [2.24, 2.45) is 0 Å². The van der Waals surface area contributed by atoms with Crippen LogP contribution in [0.25, 0.3) is 11.1 Å². The molecule has 1 heterocycles. The molecule has 1 aliphatic rings. The molecular formula is C21H15BrClN3O2. The van der Waals surface area contributed by atoms with Crippen molar-refractivity contribution in [2.45, 2.75) is 6.04 Å². The average Bonchev–Trinajstić information content (AvgIpc) is 3.18. The van der Waals surface area contributed by atoms with Crippen LogP contribution in [-0.2, 0) is 0 Å². The molecular weight excluding hydrogens is 442 g/mol. The van der Waals surface area contributed by atoms with Gasteiger partial charge in [0.05, 0.1) is 16.7 Å². The number of nitrogens with one attached hydrogen (secondary N) is 1. The molecule has 1 aliphatic heterocycles. The lowest BCUT2D eigenvalue weighted by Crippen LogP contribution is -2.33. The molecule has 0 spiro atoms. The maximum atomic E-state index is 11.4. The molecule has 4 rings (SSSR count). The number of nitro benzene ring substituents is 1. The lowest BCUT2D eigenvalue weighted by Gasteiger charge is -2.29. The number of nitro groups is 1. The summed E-state index contributed by atoms with van der Waals surface area (Å²) >= 11 is 9.47. The van der Waals surface area contributed by atoms with Crippen molar-refractivity contribution >= 4 is 38.9 Å². The minimum absolute atomic E-state index is 0.0411. The minimum Gasteiger partial charge on any atom is -0.305 e. The number of anilines is 1. The van der Waals surface area contributed by atoms with E-state index in [1.54, 1.807) is 12.1 Å². The van der Waals surface area contributed by atoms with E-state index in [0.29, 0.717) is 5.02 Å². The maximum absolute atomic E-state index is 11.4. The molecule has 3 aromatic rings. The fourth-order valence-corrected chi connectivity index (χ4v) is 3.62. The summed E-state index contributed by atoms with van der Waals surface area (Å²) in [6, 6.07) is 20.2. The Labute approximate surface area is 175 Å². The Morgan fingerprint density at radius 2 is 1.75 bits per heavy atom.